The molecule has 0 saturated carbocycles. The second-order valence-corrected chi connectivity index (χ2v) is 11.0. The van der Waals surface area contributed by atoms with Crippen molar-refractivity contribution in [2.75, 3.05) is 13.4 Å². The van der Waals surface area contributed by atoms with Crippen LogP contribution < -0.4 is 45.5 Å². The van der Waals surface area contributed by atoms with Crippen LogP contribution in [0.1, 0.15) is 26.3 Å². The molecule has 0 amide bonds. The van der Waals surface area contributed by atoms with Gasteiger partial charge in [0.25, 0.3) is 5.56 Å². The Morgan fingerprint density at radius 1 is 0.944 bits per heavy atom. The summed E-state index contributed by atoms with van der Waals surface area (Å²) in [6.45, 7) is 6.17. The van der Waals surface area contributed by atoms with Gasteiger partial charge in [-0.1, -0.05) is 51.1 Å². The summed E-state index contributed by atoms with van der Waals surface area (Å²) in [6.07, 6.45) is 2.51. The van der Waals surface area contributed by atoms with Crippen LogP contribution in [0.3, 0.4) is 0 Å². The van der Waals surface area contributed by atoms with Crippen LogP contribution in [0.25, 0.3) is 32.3 Å². The standard InChI is InChI=1S/C26H26N3O5S.Na/c1-26(2,3)22-15-20(29-11-10-23(30)27-25(29)31)14-21(24(22)34-4)18-7-6-17-13-19(28-35(5,32)33)9-8-16(17)12-18;/h6-15H,1-5H3,(H,27,30,31);/q-1;+1. The van der Waals surface area contributed by atoms with Gasteiger partial charge in [-0.15, -0.1) is 5.69 Å². The van der Waals surface area contributed by atoms with Gasteiger partial charge in [-0.25, -0.2) is 13.2 Å². The third kappa shape index (κ3) is 5.92. The van der Waals surface area contributed by atoms with Crippen molar-refractivity contribution in [1.29, 1.82) is 0 Å². The molecule has 0 spiro atoms. The average Bonchev–Trinajstić information content (AvgIpc) is 2.76. The number of aromatic nitrogens is 2. The zero-order chi connectivity index (χ0) is 25.5. The molecule has 4 aromatic rings. The smallest absolute Gasteiger partial charge is 0.577 e. The number of sulfonamides is 1. The van der Waals surface area contributed by atoms with Crippen molar-refractivity contribution in [2.45, 2.75) is 26.2 Å². The third-order valence-electron chi connectivity index (χ3n) is 5.59. The van der Waals surface area contributed by atoms with Crippen LogP contribution in [0.2, 0.25) is 0 Å². The van der Waals surface area contributed by atoms with E-state index in [0.717, 1.165) is 33.7 Å². The Kier molecular flexibility index (Phi) is 7.90. The molecule has 0 bridgehead atoms. The topological polar surface area (TPSA) is 112 Å². The Balaban J connectivity index is 0.00000361. The molecule has 0 unspecified atom stereocenters. The van der Waals surface area contributed by atoms with E-state index in [1.54, 1.807) is 19.2 Å². The van der Waals surface area contributed by atoms with Gasteiger partial charge in [0.05, 0.1) is 22.8 Å². The summed E-state index contributed by atoms with van der Waals surface area (Å²) in [6, 6.07) is 16.0. The predicted molar refractivity (Wildman–Crippen MR) is 139 cm³/mol. The van der Waals surface area contributed by atoms with Crippen LogP contribution in [0.15, 0.2) is 70.4 Å². The summed E-state index contributed by atoms with van der Waals surface area (Å²) < 4.78 is 34.0. The number of rotatable bonds is 5. The van der Waals surface area contributed by atoms with E-state index in [9.17, 15) is 18.0 Å². The van der Waals surface area contributed by atoms with Crippen LogP contribution in [0, 0.1) is 0 Å². The van der Waals surface area contributed by atoms with Crippen molar-refractivity contribution in [1.82, 2.24) is 9.55 Å². The minimum atomic E-state index is -3.50. The Labute approximate surface area is 231 Å². The molecule has 0 aliphatic heterocycles. The fourth-order valence-corrected chi connectivity index (χ4v) is 4.51. The average molecular weight is 516 g/mol. The first-order valence-corrected chi connectivity index (χ1v) is 12.7. The summed E-state index contributed by atoms with van der Waals surface area (Å²) in [5.74, 6) is 0.682. The van der Waals surface area contributed by atoms with E-state index in [-0.39, 0.29) is 35.0 Å². The zero-order valence-corrected chi connectivity index (χ0v) is 23.9. The first kappa shape index (κ1) is 27.7. The van der Waals surface area contributed by atoms with Crippen molar-refractivity contribution >= 4 is 26.5 Å². The minimum absolute atomic E-state index is 0. The first-order chi connectivity index (χ1) is 16.4. The number of methoxy groups -OCH3 is 1. The van der Waals surface area contributed by atoms with E-state index >= 15 is 0 Å². The SMILES string of the molecule is COc1c(-c2ccc3cc([N-]S(C)(=O)=O)ccc3c2)cc(-n2ccc(=O)[nH]c2=O)cc1C(C)(C)C.[Na+]. The van der Waals surface area contributed by atoms with Crippen molar-refractivity contribution in [3.8, 4) is 22.6 Å². The van der Waals surface area contributed by atoms with E-state index in [4.69, 9.17) is 4.74 Å². The fourth-order valence-electron chi connectivity index (χ4n) is 4.01. The number of hydrogen-bond acceptors (Lipinski definition) is 5. The molecular weight excluding hydrogens is 489 g/mol. The van der Waals surface area contributed by atoms with E-state index < -0.39 is 21.3 Å². The fraction of sp³-hybridized carbons (Fsp3) is 0.231. The molecule has 1 heterocycles. The summed E-state index contributed by atoms with van der Waals surface area (Å²) >= 11 is 0. The Bertz CT molecular complexity index is 1670. The van der Waals surface area contributed by atoms with Gasteiger partial charge >= 0.3 is 35.2 Å². The number of aromatic amines is 1. The van der Waals surface area contributed by atoms with Crippen molar-refractivity contribution in [3.63, 3.8) is 0 Å². The van der Waals surface area contributed by atoms with Gasteiger partial charge in [0.15, 0.2) is 0 Å². The molecule has 36 heavy (non-hydrogen) atoms. The summed E-state index contributed by atoms with van der Waals surface area (Å²) in [5, 5.41) is 1.72. The third-order valence-corrected chi connectivity index (χ3v) is 6.14. The number of hydrogen-bond donors (Lipinski definition) is 1. The van der Waals surface area contributed by atoms with Gasteiger partial charge in [0, 0.05) is 29.6 Å². The quantitative estimate of drug-likeness (QED) is 0.406. The van der Waals surface area contributed by atoms with E-state index in [2.05, 4.69) is 30.5 Å². The summed E-state index contributed by atoms with van der Waals surface area (Å²) in [4.78, 5) is 26.4. The molecule has 0 radical (unpaired) electrons. The van der Waals surface area contributed by atoms with Gasteiger partial charge in [-0.3, -0.25) is 14.3 Å². The van der Waals surface area contributed by atoms with Crippen LogP contribution in [0.4, 0.5) is 5.69 Å². The Morgan fingerprint density at radius 3 is 2.22 bits per heavy atom. The summed E-state index contributed by atoms with van der Waals surface area (Å²) in [7, 11) is -1.89. The summed E-state index contributed by atoms with van der Waals surface area (Å²) in [5.41, 5.74) is 2.18. The molecule has 0 saturated heterocycles. The molecule has 1 N–H and O–H groups in total. The molecule has 8 nitrogen and oxygen atoms in total. The molecule has 0 aliphatic carbocycles. The number of nitrogens with one attached hydrogen (secondary N) is 1. The van der Waals surface area contributed by atoms with Crippen LogP contribution in [-0.2, 0) is 15.4 Å². The second-order valence-electron chi connectivity index (χ2n) is 9.37. The molecular formula is C26H26N3NaO5S. The van der Waals surface area contributed by atoms with Gasteiger partial charge < -0.3 is 9.46 Å². The first-order valence-electron chi connectivity index (χ1n) is 10.9. The van der Waals surface area contributed by atoms with Crippen LogP contribution in [-0.4, -0.2) is 31.3 Å². The van der Waals surface area contributed by atoms with E-state index in [0.29, 0.717) is 17.1 Å². The maximum Gasteiger partial charge on any atom is 1.00 e. The molecule has 1 aromatic heterocycles. The molecule has 0 atom stereocenters. The van der Waals surface area contributed by atoms with Gasteiger partial charge in [0.2, 0.25) is 0 Å². The second kappa shape index (κ2) is 10.3. The number of fused-ring (bicyclic) bond motifs is 1. The molecule has 182 valence electrons. The number of ether oxygens (including phenoxy) is 1. The molecule has 3 aromatic carbocycles. The van der Waals surface area contributed by atoms with Crippen molar-refractivity contribution in [3.05, 3.63) is 91.9 Å². The molecule has 10 heteroatoms. The van der Waals surface area contributed by atoms with Gasteiger partial charge in [0.1, 0.15) is 5.75 Å². The molecule has 0 aliphatic rings. The molecule has 0 fully saturated rings. The van der Waals surface area contributed by atoms with Crippen molar-refractivity contribution in [2.24, 2.45) is 0 Å². The van der Waals surface area contributed by atoms with Crippen LogP contribution >= 0.6 is 0 Å². The van der Waals surface area contributed by atoms with Gasteiger partial charge in [-0.05, 0) is 39.9 Å². The van der Waals surface area contributed by atoms with Crippen molar-refractivity contribution < 1.29 is 42.7 Å². The number of H-pyrrole nitrogens is 1. The maximum absolute atomic E-state index is 12.5. The van der Waals surface area contributed by atoms with Crippen LogP contribution in [0.5, 0.6) is 5.75 Å². The molecule has 4 rings (SSSR count). The zero-order valence-electron chi connectivity index (χ0n) is 21.1. The number of benzene rings is 3. The Morgan fingerprint density at radius 2 is 1.61 bits per heavy atom. The van der Waals surface area contributed by atoms with E-state index in [1.807, 2.05) is 36.4 Å². The predicted octanol–water partition coefficient (Wildman–Crippen LogP) is 1.62. The minimum Gasteiger partial charge on any atom is -0.577 e. The Hall–Kier alpha value is -2.85. The maximum atomic E-state index is 12.5. The normalized spacial score (nSPS) is 11.7. The number of nitrogens with zero attached hydrogens (tertiary/aromatic N) is 2. The largest absolute Gasteiger partial charge is 1.00 e. The monoisotopic (exact) mass is 515 g/mol. The van der Waals surface area contributed by atoms with Gasteiger partial charge in [-0.2, -0.15) is 0 Å². The van der Waals surface area contributed by atoms with E-state index in [1.165, 1.54) is 16.8 Å².